The lowest BCUT2D eigenvalue weighted by atomic mass is 10.0. The fourth-order valence-corrected chi connectivity index (χ4v) is 5.49. The number of halogens is 3. The summed E-state index contributed by atoms with van der Waals surface area (Å²) in [6, 6.07) is 26.4. The van der Waals surface area contributed by atoms with Crippen molar-refractivity contribution in [3.8, 4) is 0 Å². The maximum absolute atomic E-state index is 14.0. The number of imidazole rings is 2. The number of aromatic nitrogens is 3. The number of benzene rings is 5. The van der Waals surface area contributed by atoms with Gasteiger partial charge < -0.3 is 0 Å². The summed E-state index contributed by atoms with van der Waals surface area (Å²) in [6.07, 6.45) is -4.46. The van der Waals surface area contributed by atoms with Gasteiger partial charge in [0, 0.05) is 10.8 Å². The standard InChI is InChI=1S/C28H14F3N3/c29-28(30,31)19-13-21-20-9-15-5-1-3-7-17(15)11-23(20)34-26(21)25(14-19)33-24-12-18-8-4-2-6-16(18)10-22(24)32-27(33)34/h1-14H. The highest BCUT2D eigenvalue weighted by Crippen LogP contribution is 2.42. The molecule has 0 spiro atoms. The van der Waals surface area contributed by atoms with E-state index < -0.39 is 11.7 Å². The molecular weight excluding hydrogens is 435 g/mol. The van der Waals surface area contributed by atoms with Gasteiger partial charge in [-0.25, -0.2) is 4.98 Å². The summed E-state index contributed by atoms with van der Waals surface area (Å²) < 4.78 is 45.9. The molecule has 162 valence electrons. The van der Waals surface area contributed by atoms with E-state index in [9.17, 15) is 13.2 Å². The zero-order valence-corrected chi connectivity index (χ0v) is 17.6. The number of hydrogen-bond acceptors (Lipinski definition) is 1. The third-order valence-electron chi connectivity index (χ3n) is 6.98. The number of hydrogen-bond donors (Lipinski definition) is 0. The summed E-state index contributed by atoms with van der Waals surface area (Å²) in [5.74, 6) is 0.620. The van der Waals surface area contributed by atoms with E-state index in [1.165, 1.54) is 12.1 Å². The highest BCUT2D eigenvalue weighted by atomic mass is 19.4. The first-order valence-corrected chi connectivity index (χ1v) is 11.0. The first-order chi connectivity index (χ1) is 16.5. The summed E-state index contributed by atoms with van der Waals surface area (Å²) in [4.78, 5) is 4.92. The van der Waals surface area contributed by atoms with Gasteiger partial charge in [0.1, 0.15) is 0 Å². The minimum atomic E-state index is -4.46. The Morgan fingerprint density at radius 3 is 1.88 bits per heavy atom. The molecule has 8 aromatic rings. The zero-order chi connectivity index (χ0) is 22.8. The molecule has 6 heteroatoms. The lowest BCUT2D eigenvalue weighted by Gasteiger charge is -2.08. The molecule has 0 aliphatic heterocycles. The summed E-state index contributed by atoms with van der Waals surface area (Å²) in [5.41, 5.74) is 3.03. The molecule has 5 aromatic carbocycles. The van der Waals surface area contributed by atoms with Crippen LogP contribution in [-0.2, 0) is 6.18 Å². The van der Waals surface area contributed by atoms with Crippen molar-refractivity contribution in [2.24, 2.45) is 0 Å². The van der Waals surface area contributed by atoms with Gasteiger partial charge in [0.15, 0.2) is 0 Å². The first kappa shape index (κ1) is 18.1. The predicted octanol–water partition coefficient (Wildman–Crippen LogP) is 7.81. The molecule has 0 amide bonds. The molecule has 8 rings (SSSR count). The third kappa shape index (κ3) is 2.15. The van der Waals surface area contributed by atoms with Gasteiger partial charge in [-0.05, 0) is 57.9 Å². The summed E-state index contributed by atoms with van der Waals surface area (Å²) in [5, 5.41) is 5.48. The third-order valence-corrected chi connectivity index (χ3v) is 6.98. The van der Waals surface area contributed by atoms with Gasteiger partial charge in [0.05, 0.1) is 33.1 Å². The molecule has 3 aromatic heterocycles. The summed E-state index contributed by atoms with van der Waals surface area (Å²) in [6.45, 7) is 0. The number of nitrogens with zero attached hydrogens (tertiary/aromatic N) is 3. The Bertz CT molecular complexity index is 2110. The number of rotatable bonds is 0. The highest BCUT2D eigenvalue weighted by molar-refractivity contribution is 6.19. The SMILES string of the molecule is FC(F)(F)c1cc2c3cc4ccccc4cc3n3c2c(c1)n1c2cc4ccccc4cc2nc13. The van der Waals surface area contributed by atoms with E-state index in [1.54, 1.807) is 0 Å². The number of fused-ring (bicyclic) bond motifs is 10. The van der Waals surface area contributed by atoms with Crippen LogP contribution in [0.3, 0.4) is 0 Å². The van der Waals surface area contributed by atoms with Crippen LogP contribution < -0.4 is 0 Å². The van der Waals surface area contributed by atoms with E-state index >= 15 is 0 Å². The Morgan fingerprint density at radius 2 is 1.21 bits per heavy atom. The zero-order valence-electron chi connectivity index (χ0n) is 17.6. The van der Waals surface area contributed by atoms with Crippen LogP contribution in [0, 0.1) is 0 Å². The normalized spacial score (nSPS) is 13.1. The molecular formula is C28H14F3N3. The maximum Gasteiger partial charge on any atom is 0.416 e. The number of alkyl halides is 3. The average Bonchev–Trinajstić information content (AvgIpc) is 3.45. The van der Waals surface area contributed by atoms with Gasteiger partial charge in [-0.3, -0.25) is 8.80 Å². The van der Waals surface area contributed by atoms with Gasteiger partial charge in [0.2, 0.25) is 5.78 Å². The minimum Gasteiger partial charge on any atom is -0.277 e. The fourth-order valence-electron chi connectivity index (χ4n) is 5.49. The van der Waals surface area contributed by atoms with E-state index in [4.69, 9.17) is 4.98 Å². The lowest BCUT2D eigenvalue weighted by Crippen LogP contribution is -2.04. The topological polar surface area (TPSA) is 21.7 Å². The van der Waals surface area contributed by atoms with Gasteiger partial charge >= 0.3 is 6.18 Å². The fraction of sp³-hybridized carbons (Fsp3) is 0.0357. The summed E-state index contributed by atoms with van der Waals surface area (Å²) in [7, 11) is 0. The van der Waals surface area contributed by atoms with E-state index in [2.05, 4.69) is 0 Å². The monoisotopic (exact) mass is 449 g/mol. The van der Waals surface area contributed by atoms with E-state index in [1.807, 2.05) is 81.6 Å². The van der Waals surface area contributed by atoms with Crippen molar-refractivity contribution in [3.05, 3.63) is 90.5 Å². The van der Waals surface area contributed by atoms with Crippen molar-refractivity contribution in [2.45, 2.75) is 6.18 Å². The Morgan fingerprint density at radius 1 is 0.588 bits per heavy atom. The molecule has 0 aliphatic carbocycles. The van der Waals surface area contributed by atoms with Crippen molar-refractivity contribution in [1.82, 2.24) is 13.8 Å². The minimum absolute atomic E-state index is 0.512. The second-order valence-corrected chi connectivity index (χ2v) is 8.88. The second kappa shape index (κ2) is 5.78. The Balaban J connectivity index is 1.68. The molecule has 0 bridgehead atoms. The van der Waals surface area contributed by atoms with Gasteiger partial charge in [-0.2, -0.15) is 13.2 Å². The van der Waals surface area contributed by atoms with Crippen LogP contribution in [0.25, 0.3) is 65.7 Å². The van der Waals surface area contributed by atoms with Crippen LogP contribution >= 0.6 is 0 Å². The predicted molar refractivity (Wildman–Crippen MR) is 130 cm³/mol. The molecule has 0 N–H and O–H groups in total. The van der Waals surface area contributed by atoms with E-state index in [-0.39, 0.29) is 0 Å². The second-order valence-electron chi connectivity index (χ2n) is 8.88. The molecule has 0 unspecified atom stereocenters. The van der Waals surface area contributed by atoms with Crippen LogP contribution in [0.1, 0.15) is 5.56 Å². The Labute approximate surface area is 189 Å². The van der Waals surface area contributed by atoms with Gasteiger partial charge in [-0.15, -0.1) is 0 Å². The molecule has 0 aliphatic rings. The Hall–Kier alpha value is -4.32. The van der Waals surface area contributed by atoms with Crippen molar-refractivity contribution in [3.63, 3.8) is 0 Å². The molecule has 0 atom stereocenters. The molecule has 34 heavy (non-hydrogen) atoms. The maximum atomic E-state index is 14.0. The quantitative estimate of drug-likeness (QED) is 0.231. The van der Waals surface area contributed by atoms with Crippen LogP contribution in [0.15, 0.2) is 84.9 Å². The smallest absolute Gasteiger partial charge is 0.277 e. The van der Waals surface area contributed by atoms with E-state index in [0.717, 1.165) is 49.0 Å². The molecule has 0 fully saturated rings. The van der Waals surface area contributed by atoms with Crippen LogP contribution in [0.4, 0.5) is 13.2 Å². The Kier molecular flexibility index (Phi) is 3.08. The van der Waals surface area contributed by atoms with Crippen molar-refractivity contribution < 1.29 is 13.2 Å². The first-order valence-electron chi connectivity index (χ1n) is 11.0. The van der Waals surface area contributed by atoms with Gasteiger partial charge in [-0.1, -0.05) is 48.5 Å². The van der Waals surface area contributed by atoms with Gasteiger partial charge in [0.25, 0.3) is 0 Å². The van der Waals surface area contributed by atoms with Crippen LogP contribution in [0.2, 0.25) is 0 Å². The van der Waals surface area contributed by atoms with Crippen LogP contribution in [0.5, 0.6) is 0 Å². The molecule has 3 heterocycles. The molecule has 0 radical (unpaired) electrons. The van der Waals surface area contributed by atoms with E-state index in [0.29, 0.717) is 16.7 Å². The van der Waals surface area contributed by atoms with Crippen molar-refractivity contribution in [1.29, 1.82) is 0 Å². The van der Waals surface area contributed by atoms with Crippen LogP contribution in [-0.4, -0.2) is 13.8 Å². The lowest BCUT2D eigenvalue weighted by molar-refractivity contribution is -0.137. The molecule has 3 nitrogen and oxygen atoms in total. The highest BCUT2D eigenvalue weighted by Gasteiger charge is 2.33. The average molecular weight is 449 g/mol. The molecule has 0 saturated carbocycles. The largest absolute Gasteiger partial charge is 0.416 e. The van der Waals surface area contributed by atoms with Crippen molar-refractivity contribution >= 4 is 65.7 Å². The molecule has 0 saturated heterocycles. The summed E-state index contributed by atoms with van der Waals surface area (Å²) >= 11 is 0. The van der Waals surface area contributed by atoms with Crippen molar-refractivity contribution in [2.75, 3.05) is 0 Å².